The van der Waals surface area contributed by atoms with Crippen molar-refractivity contribution in [3.63, 3.8) is 0 Å². The number of hydrogen-bond donors (Lipinski definition) is 1. The minimum Gasteiger partial charge on any atom is -0.508 e. The number of ether oxygens (including phenoxy) is 1. The van der Waals surface area contributed by atoms with E-state index >= 15 is 0 Å². The molecule has 1 fully saturated rings. The Morgan fingerprint density at radius 1 is 1.44 bits per heavy atom. The number of rotatable bonds is 4. The minimum absolute atomic E-state index is 0.350. The molecule has 1 aliphatic heterocycles. The molecule has 0 amide bonds. The van der Waals surface area contributed by atoms with Gasteiger partial charge in [-0.15, -0.1) is 0 Å². The van der Waals surface area contributed by atoms with Gasteiger partial charge in [0.25, 0.3) is 0 Å². The van der Waals surface area contributed by atoms with Crippen molar-refractivity contribution >= 4 is 0 Å². The van der Waals surface area contributed by atoms with Crippen LogP contribution in [0.2, 0.25) is 0 Å². The summed E-state index contributed by atoms with van der Waals surface area (Å²) >= 11 is 0. The molecule has 3 atom stereocenters. The van der Waals surface area contributed by atoms with Crippen molar-refractivity contribution in [2.24, 2.45) is 5.92 Å². The van der Waals surface area contributed by atoms with Gasteiger partial charge in [0.15, 0.2) is 0 Å². The first kappa shape index (κ1) is 11.5. The van der Waals surface area contributed by atoms with E-state index in [1.807, 2.05) is 19.1 Å². The van der Waals surface area contributed by atoms with Gasteiger partial charge in [-0.25, -0.2) is 0 Å². The molecule has 16 heavy (non-hydrogen) atoms. The Morgan fingerprint density at radius 3 is 2.75 bits per heavy atom. The van der Waals surface area contributed by atoms with Gasteiger partial charge in [0.05, 0.1) is 12.2 Å². The number of epoxide rings is 1. The van der Waals surface area contributed by atoms with Crippen LogP contribution in [0.25, 0.3) is 0 Å². The van der Waals surface area contributed by atoms with Gasteiger partial charge in [-0.3, -0.25) is 0 Å². The van der Waals surface area contributed by atoms with E-state index in [1.165, 1.54) is 11.1 Å². The van der Waals surface area contributed by atoms with Crippen molar-refractivity contribution in [1.82, 2.24) is 0 Å². The third-order valence-corrected chi connectivity index (χ3v) is 3.45. The quantitative estimate of drug-likeness (QED) is 0.791. The number of aromatic hydroxyl groups is 1. The smallest absolute Gasteiger partial charge is 0.115 e. The molecule has 1 aromatic rings. The van der Waals surface area contributed by atoms with E-state index in [1.54, 1.807) is 6.07 Å². The predicted octanol–water partition coefficient (Wildman–Crippen LogP) is 3.06. The lowest BCUT2D eigenvalue weighted by Gasteiger charge is -2.11. The monoisotopic (exact) mass is 220 g/mol. The Balaban J connectivity index is 1.98. The predicted molar refractivity (Wildman–Crippen MR) is 64.7 cm³/mol. The lowest BCUT2D eigenvalue weighted by atomic mass is 9.93. The van der Waals surface area contributed by atoms with Gasteiger partial charge in [-0.05, 0) is 48.9 Å². The van der Waals surface area contributed by atoms with Gasteiger partial charge >= 0.3 is 0 Å². The summed E-state index contributed by atoms with van der Waals surface area (Å²) in [4.78, 5) is 0. The maximum Gasteiger partial charge on any atom is 0.115 e. The average molecular weight is 220 g/mol. The Bertz CT molecular complexity index is 373. The molecule has 0 saturated carbocycles. The molecule has 0 aliphatic carbocycles. The average Bonchev–Trinajstić information content (AvgIpc) is 3.01. The second kappa shape index (κ2) is 4.46. The zero-order chi connectivity index (χ0) is 11.7. The second-order valence-electron chi connectivity index (χ2n) is 4.84. The fourth-order valence-corrected chi connectivity index (χ4v) is 2.36. The van der Waals surface area contributed by atoms with Crippen LogP contribution in [-0.2, 0) is 11.2 Å². The molecule has 88 valence electrons. The van der Waals surface area contributed by atoms with Gasteiger partial charge in [0.2, 0.25) is 0 Å². The SMILES string of the molecule is CCC1OC1C(C)Cc1ccc(O)cc1C. The summed E-state index contributed by atoms with van der Waals surface area (Å²) in [6.07, 6.45) is 3.07. The summed E-state index contributed by atoms with van der Waals surface area (Å²) in [5.74, 6) is 0.913. The molecule has 2 rings (SSSR count). The van der Waals surface area contributed by atoms with Crippen molar-refractivity contribution in [1.29, 1.82) is 0 Å². The first-order valence-electron chi connectivity index (χ1n) is 6.05. The highest BCUT2D eigenvalue weighted by molar-refractivity contribution is 5.34. The second-order valence-corrected chi connectivity index (χ2v) is 4.84. The van der Waals surface area contributed by atoms with Crippen molar-refractivity contribution in [2.75, 3.05) is 0 Å². The number of phenols is 1. The molecule has 3 unspecified atom stereocenters. The highest BCUT2D eigenvalue weighted by Gasteiger charge is 2.41. The zero-order valence-electron chi connectivity index (χ0n) is 10.2. The largest absolute Gasteiger partial charge is 0.508 e. The van der Waals surface area contributed by atoms with Crippen LogP contribution in [0.1, 0.15) is 31.4 Å². The van der Waals surface area contributed by atoms with Crippen LogP contribution >= 0.6 is 0 Å². The summed E-state index contributed by atoms with van der Waals surface area (Å²) in [5, 5.41) is 9.35. The Morgan fingerprint density at radius 2 is 2.19 bits per heavy atom. The van der Waals surface area contributed by atoms with Crippen LogP contribution in [0.3, 0.4) is 0 Å². The molecular formula is C14H20O2. The Hall–Kier alpha value is -1.02. The fourth-order valence-electron chi connectivity index (χ4n) is 2.36. The molecule has 0 bridgehead atoms. The first-order chi connectivity index (χ1) is 7.61. The molecule has 1 N–H and O–H groups in total. The van der Waals surface area contributed by atoms with E-state index < -0.39 is 0 Å². The first-order valence-corrected chi connectivity index (χ1v) is 6.05. The highest BCUT2D eigenvalue weighted by Crippen LogP contribution is 2.34. The Kier molecular flexibility index (Phi) is 3.20. The van der Waals surface area contributed by atoms with E-state index in [4.69, 9.17) is 4.74 Å². The summed E-state index contributed by atoms with van der Waals surface area (Å²) in [7, 11) is 0. The van der Waals surface area contributed by atoms with Crippen LogP contribution in [0.4, 0.5) is 0 Å². The third-order valence-electron chi connectivity index (χ3n) is 3.45. The molecule has 1 heterocycles. The summed E-state index contributed by atoms with van der Waals surface area (Å²) in [6.45, 7) is 6.46. The van der Waals surface area contributed by atoms with E-state index in [9.17, 15) is 5.11 Å². The molecule has 2 heteroatoms. The molecule has 0 aromatic heterocycles. The number of phenolic OH excluding ortho intramolecular Hbond substituents is 1. The van der Waals surface area contributed by atoms with E-state index in [2.05, 4.69) is 13.8 Å². The number of benzene rings is 1. The summed E-state index contributed by atoms with van der Waals surface area (Å²) in [6, 6.07) is 5.61. The van der Waals surface area contributed by atoms with Crippen molar-refractivity contribution in [3.05, 3.63) is 29.3 Å². The third kappa shape index (κ3) is 2.38. The van der Waals surface area contributed by atoms with Crippen molar-refractivity contribution < 1.29 is 9.84 Å². The topological polar surface area (TPSA) is 32.8 Å². The van der Waals surface area contributed by atoms with Crippen molar-refractivity contribution in [3.8, 4) is 5.75 Å². The summed E-state index contributed by atoms with van der Waals surface area (Å²) in [5.41, 5.74) is 2.48. The lowest BCUT2D eigenvalue weighted by Crippen LogP contribution is -2.10. The Labute approximate surface area is 97.3 Å². The van der Waals surface area contributed by atoms with Gasteiger partial charge in [0.1, 0.15) is 5.75 Å². The summed E-state index contributed by atoms with van der Waals surface area (Å²) < 4.78 is 5.61. The zero-order valence-corrected chi connectivity index (χ0v) is 10.2. The minimum atomic E-state index is 0.350. The van der Waals surface area contributed by atoms with Crippen LogP contribution in [0.5, 0.6) is 5.75 Å². The van der Waals surface area contributed by atoms with Gasteiger partial charge in [-0.2, -0.15) is 0 Å². The normalized spacial score (nSPS) is 25.4. The van der Waals surface area contributed by atoms with Crippen LogP contribution in [-0.4, -0.2) is 17.3 Å². The highest BCUT2D eigenvalue weighted by atomic mass is 16.6. The van der Waals surface area contributed by atoms with Crippen LogP contribution in [0, 0.1) is 12.8 Å². The lowest BCUT2D eigenvalue weighted by molar-refractivity contribution is 0.322. The number of aryl methyl sites for hydroxylation is 1. The van der Waals surface area contributed by atoms with E-state index in [-0.39, 0.29) is 0 Å². The van der Waals surface area contributed by atoms with Crippen molar-refractivity contribution in [2.45, 2.75) is 45.8 Å². The van der Waals surface area contributed by atoms with Crippen LogP contribution < -0.4 is 0 Å². The maximum absolute atomic E-state index is 9.35. The fraction of sp³-hybridized carbons (Fsp3) is 0.571. The van der Waals surface area contributed by atoms with Crippen LogP contribution in [0.15, 0.2) is 18.2 Å². The molecule has 0 radical (unpaired) electrons. The molecule has 1 aromatic carbocycles. The van der Waals surface area contributed by atoms with Gasteiger partial charge < -0.3 is 9.84 Å². The molecule has 1 aliphatic rings. The van der Waals surface area contributed by atoms with E-state index in [0.29, 0.717) is 23.9 Å². The molecule has 0 spiro atoms. The number of hydrogen-bond acceptors (Lipinski definition) is 2. The molecule has 1 saturated heterocycles. The standard InChI is InChI=1S/C14H20O2/c1-4-13-14(16-13)10(3)7-11-5-6-12(15)8-9(11)2/h5-6,8,10,13-15H,4,7H2,1-3H3. The van der Waals surface area contributed by atoms with Gasteiger partial charge in [-0.1, -0.05) is 19.9 Å². The maximum atomic E-state index is 9.35. The van der Waals surface area contributed by atoms with E-state index in [0.717, 1.165) is 12.8 Å². The molecular weight excluding hydrogens is 200 g/mol. The van der Waals surface area contributed by atoms with Gasteiger partial charge in [0, 0.05) is 0 Å². The molecule has 2 nitrogen and oxygen atoms in total.